The number of rotatable bonds is 5. The number of aromatic hydroxyl groups is 3. The van der Waals surface area contributed by atoms with Crippen LogP contribution in [0.15, 0.2) is 63.8 Å². The zero-order valence-corrected chi connectivity index (χ0v) is 19.2. The highest BCUT2D eigenvalue weighted by Crippen LogP contribution is 2.50. The van der Waals surface area contributed by atoms with Gasteiger partial charge in [-0.15, -0.1) is 0 Å². The van der Waals surface area contributed by atoms with Crippen LogP contribution in [-0.4, -0.2) is 41.6 Å². The van der Waals surface area contributed by atoms with Crippen molar-refractivity contribution in [3.05, 3.63) is 75.9 Å². The number of esters is 1. The molecule has 0 amide bonds. The fourth-order valence-corrected chi connectivity index (χ4v) is 4.35. The van der Waals surface area contributed by atoms with Gasteiger partial charge in [-0.2, -0.15) is 0 Å². The van der Waals surface area contributed by atoms with Crippen molar-refractivity contribution in [3.63, 3.8) is 0 Å². The van der Waals surface area contributed by atoms with Gasteiger partial charge >= 0.3 is 5.97 Å². The van der Waals surface area contributed by atoms with Crippen LogP contribution in [0.5, 0.6) is 28.7 Å². The molecular weight excluding hydrogens is 468 g/mol. The second-order valence-corrected chi connectivity index (χ2v) is 8.24. The normalized spacial score (nSPS) is 13.4. The maximum Gasteiger partial charge on any atom is 0.306 e. The molecule has 1 aliphatic rings. The average molecular weight is 490 g/mol. The first-order valence-electron chi connectivity index (χ1n) is 11.2. The summed E-state index contributed by atoms with van der Waals surface area (Å²) in [6.45, 7) is 0.726. The average Bonchev–Trinajstić information content (AvgIpc) is 2.91. The van der Waals surface area contributed by atoms with Crippen LogP contribution in [0.2, 0.25) is 0 Å². The molecule has 0 radical (unpaired) electrons. The second kappa shape index (κ2) is 9.18. The molecule has 9 heteroatoms. The quantitative estimate of drug-likeness (QED) is 0.280. The number of fused-ring (bicyclic) bond motifs is 2. The molecule has 1 atom stereocenters. The third kappa shape index (κ3) is 3.94. The minimum Gasteiger partial charge on any atom is -0.504 e. The maximum atomic E-state index is 13.1. The van der Waals surface area contributed by atoms with Gasteiger partial charge in [0.2, 0.25) is 5.75 Å². The van der Waals surface area contributed by atoms with E-state index in [1.54, 1.807) is 48.5 Å². The monoisotopic (exact) mass is 490 g/mol. The van der Waals surface area contributed by atoms with Crippen molar-refractivity contribution >= 4 is 16.9 Å². The first kappa shape index (κ1) is 23.1. The molecule has 2 heterocycles. The van der Waals surface area contributed by atoms with Gasteiger partial charge in [0, 0.05) is 23.1 Å². The van der Waals surface area contributed by atoms with Crippen molar-refractivity contribution < 1.29 is 38.7 Å². The Morgan fingerprint density at radius 2 is 1.67 bits per heavy atom. The summed E-state index contributed by atoms with van der Waals surface area (Å²) in [6.07, 6.45) is -0.276. The highest BCUT2D eigenvalue weighted by molar-refractivity contribution is 5.93. The van der Waals surface area contributed by atoms with Gasteiger partial charge in [0.25, 0.3) is 0 Å². The third-order valence-corrected chi connectivity index (χ3v) is 6.11. The summed E-state index contributed by atoms with van der Waals surface area (Å²) in [6, 6.07) is 15.0. The molecule has 3 N–H and O–H groups in total. The maximum absolute atomic E-state index is 13.1. The molecule has 0 fully saturated rings. The Morgan fingerprint density at radius 1 is 0.944 bits per heavy atom. The number of phenols is 3. The van der Waals surface area contributed by atoms with E-state index in [9.17, 15) is 24.9 Å². The molecule has 0 saturated heterocycles. The van der Waals surface area contributed by atoms with E-state index in [1.807, 2.05) is 0 Å². The zero-order valence-electron chi connectivity index (χ0n) is 19.2. The van der Waals surface area contributed by atoms with Gasteiger partial charge in [0.15, 0.2) is 28.4 Å². The predicted octanol–water partition coefficient (Wildman–Crippen LogP) is 4.04. The third-order valence-electron chi connectivity index (χ3n) is 6.11. The smallest absolute Gasteiger partial charge is 0.306 e. The summed E-state index contributed by atoms with van der Waals surface area (Å²) >= 11 is 0. The number of hydrogen-bond donors (Lipinski definition) is 3. The highest BCUT2D eigenvalue weighted by Gasteiger charge is 2.32. The molecule has 0 aliphatic carbocycles. The second-order valence-electron chi connectivity index (χ2n) is 8.24. The van der Waals surface area contributed by atoms with Crippen LogP contribution in [-0.2, 0) is 9.53 Å². The molecule has 1 unspecified atom stereocenters. The summed E-state index contributed by atoms with van der Waals surface area (Å²) in [4.78, 5) is 25.5. The van der Waals surface area contributed by atoms with Crippen molar-refractivity contribution in [1.29, 1.82) is 0 Å². The molecule has 184 valence electrons. The van der Waals surface area contributed by atoms with Crippen LogP contribution in [0.3, 0.4) is 0 Å². The van der Waals surface area contributed by atoms with Gasteiger partial charge in [-0.05, 0) is 17.7 Å². The molecule has 4 aromatic rings. The Kier molecular flexibility index (Phi) is 5.89. The van der Waals surface area contributed by atoms with Gasteiger partial charge in [0.1, 0.15) is 29.9 Å². The predicted molar refractivity (Wildman–Crippen MR) is 129 cm³/mol. The van der Waals surface area contributed by atoms with Crippen LogP contribution < -0.4 is 14.9 Å². The summed E-state index contributed by atoms with van der Waals surface area (Å²) in [5.74, 6) is -2.87. The van der Waals surface area contributed by atoms with E-state index in [0.29, 0.717) is 35.8 Å². The topological polar surface area (TPSA) is 136 Å². The fraction of sp³-hybridized carbons (Fsp3) is 0.185. The van der Waals surface area contributed by atoms with Crippen molar-refractivity contribution in [1.82, 2.24) is 0 Å². The molecule has 36 heavy (non-hydrogen) atoms. The lowest BCUT2D eigenvalue weighted by Crippen LogP contribution is -2.16. The van der Waals surface area contributed by atoms with Gasteiger partial charge < -0.3 is 33.9 Å². The van der Waals surface area contributed by atoms with E-state index in [2.05, 4.69) is 0 Å². The Bertz CT molecular complexity index is 1520. The molecule has 0 bridgehead atoms. The molecule has 3 aromatic carbocycles. The van der Waals surface area contributed by atoms with Crippen LogP contribution >= 0.6 is 0 Å². The number of carbonyl (C=O) groups excluding carboxylic acids is 1. The standard InChI is InChI=1S/C27H22O9/c1-33-21(29)12-16(15-7-8-18-20(11-15)35-10-9-34-18)22-24(30)26(32)25(31)23-17(28)13-19(36-27(22)23)14-5-3-2-4-6-14/h2-8,11,13,16,30-32H,9-10,12H2,1H3. The first-order chi connectivity index (χ1) is 17.4. The van der Waals surface area contributed by atoms with Crippen LogP contribution in [0.4, 0.5) is 0 Å². The van der Waals surface area contributed by atoms with E-state index in [-0.39, 0.29) is 28.7 Å². The lowest BCUT2D eigenvalue weighted by atomic mass is 9.86. The summed E-state index contributed by atoms with van der Waals surface area (Å²) in [7, 11) is 1.23. The Morgan fingerprint density at radius 3 is 2.39 bits per heavy atom. The molecular formula is C27H22O9. The van der Waals surface area contributed by atoms with Crippen LogP contribution in [0, 0.1) is 0 Å². The van der Waals surface area contributed by atoms with E-state index >= 15 is 0 Å². The number of hydrogen-bond acceptors (Lipinski definition) is 9. The first-order valence-corrected chi connectivity index (χ1v) is 11.2. The number of carbonyl (C=O) groups is 1. The lowest BCUT2D eigenvalue weighted by molar-refractivity contribution is -0.140. The van der Waals surface area contributed by atoms with Crippen molar-refractivity contribution in [3.8, 4) is 40.1 Å². The van der Waals surface area contributed by atoms with E-state index in [0.717, 1.165) is 0 Å². The molecule has 0 saturated carbocycles. The highest BCUT2D eigenvalue weighted by atomic mass is 16.6. The number of phenolic OH excluding ortho intramolecular Hbond substituents is 3. The number of methoxy groups -OCH3 is 1. The van der Waals surface area contributed by atoms with Crippen molar-refractivity contribution in [2.45, 2.75) is 12.3 Å². The lowest BCUT2D eigenvalue weighted by Gasteiger charge is -2.23. The Balaban J connectivity index is 1.81. The van der Waals surface area contributed by atoms with Crippen molar-refractivity contribution in [2.75, 3.05) is 20.3 Å². The van der Waals surface area contributed by atoms with E-state index < -0.39 is 34.6 Å². The number of benzene rings is 3. The fourth-order valence-electron chi connectivity index (χ4n) is 4.35. The minimum atomic E-state index is -0.948. The molecule has 1 aliphatic heterocycles. The van der Waals surface area contributed by atoms with Gasteiger partial charge in [0.05, 0.1) is 13.5 Å². The number of ether oxygens (including phenoxy) is 3. The van der Waals surface area contributed by atoms with Crippen LogP contribution in [0.25, 0.3) is 22.3 Å². The van der Waals surface area contributed by atoms with Gasteiger partial charge in [-0.25, -0.2) is 0 Å². The summed E-state index contributed by atoms with van der Waals surface area (Å²) < 4.78 is 22.2. The Hall–Kier alpha value is -4.66. The zero-order chi connectivity index (χ0) is 25.4. The Labute approximate surface area is 204 Å². The molecule has 5 rings (SSSR count). The summed E-state index contributed by atoms with van der Waals surface area (Å²) in [5, 5.41) is 31.8. The van der Waals surface area contributed by atoms with E-state index in [1.165, 1.54) is 13.2 Å². The molecule has 9 nitrogen and oxygen atoms in total. The minimum absolute atomic E-state index is 0.0581. The molecule has 1 aromatic heterocycles. The molecule has 0 spiro atoms. The van der Waals surface area contributed by atoms with Gasteiger partial charge in [-0.1, -0.05) is 36.4 Å². The van der Waals surface area contributed by atoms with Crippen molar-refractivity contribution in [2.24, 2.45) is 0 Å². The SMILES string of the molecule is COC(=O)CC(c1ccc2c(c1)OCCO2)c1c(O)c(O)c(O)c2c(=O)cc(-c3ccccc3)oc12. The summed E-state index contributed by atoms with van der Waals surface area (Å²) in [5.41, 5.74) is 0.218. The van der Waals surface area contributed by atoms with Gasteiger partial charge in [-0.3, -0.25) is 9.59 Å². The largest absolute Gasteiger partial charge is 0.504 e. The van der Waals surface area contributed by atoms with E-state index in [4.69, 9.17) is 18.6 Å². The van der Waals surface area contributed by atoms with Crippen LogP contribution in [0.1, 0.15) is 23.5 Å².